The van der Waals surface area contributed by atoms with Crippen molar-refractivity contribution >= 4 is 11.8 Å². The molecule has 7 heteroatoms. The van der Waals surface area contributed by atoms with Crippen LogP contribution < -0.4 is 0 Å². The molecule has 0 bridgehead atoms. The first-order chi connectivity index (χ1) is 22.6. The third kappa shape index (κ3) is 8.60. The third-order valence-corrected chi connectivity index (χ3v) is 13.7. The molecule has 0 heterocycles. The highest BCUT2D eigenvalue weighted by molar-refractivity contribution is 5.95. The average Bonchev–Trinajstić information content (AvgIpc) is 3.29. The maximum atomic E-state index is 13.6. The Bertz CT molecular complexity index is 1110. The van der Waals surface area contributed by atoms with Crippen molar-refractivity contribution in [3.05, 3.63) is 11.6 Å². The van der Waals surface area contributed by atoms with Crippen LogP contribution in [0.1, 0.15) is 170 Å². The summed E-state index contributed by atoms with van der Waals surface area (Å²) in [4.78, 5) is 26.8. The Hall–Kier alpha value is -1.28. The summed E-state index contributed by atoms with van der Waals surface area (Å²) in [7, 11) is 0. The van der Waals surface area contributed by atoms with Crippen molar-refractivity contribution in [2.75, 3.05) is 0 Å². The van der Waals surface area contributed by atoms with Crippen LogP contribution in [0, 0.1) is 34.5 Å². The smallest absolute Gasteiger partial charge is 0.306 e. The molecule has 0 aromatic carbocycles. The van der Waals surface area contributed by atoms with E-state index in [0.29, 0.717) is 32.1 Å². The molecule has 4 aliphatic carbocycles. The number of esters is 1. The van der Waals surface area contributed by atoms with Crippen molar-refractivity contribution in [1.29, 1.82) is 0 Å². The van der Waals surface area contributed by atoms with Crippen LogP contribution in [-0.2, 0) is 14.3 Å². The lowest BCUT2D eigenvalue weighted by Gasteiger charge is -2.60. The lowest BCUT2D eigenvalue weighted by Crippen LogP contribution is -2.61. The second kappa shape index (κ2) is 16.4. The molecule has 276 valence electrons. The van der Waals surface area contributed by atoms with Gasteiger partial charge in [0.25, 0.3) is 0 Å². The molecule has 10 atom stereocenters. The zero-order valence-corrected chi connectivity index (χ0v) is 31.3. The van der Waals surface area contributed by atoms with E-state index in [9.17, 15) is 30.0 Å². The van der Waals surface area contributed by atoms with E-state index in [2.05, 4.69) is 27.7 Å². The minimum Gasteiger partial charge on any atom is -0.462 e. The van der Waals surface area contributed by atoms with Crippen LogP contribution in [0.5, 0.6) is 0 Å². The minimum atomic E-state index is -1.15. The fourth-order valence-corrected chi connectivity index (χ4v) is 10.6. The number of carbonyl (C=O) groups is 2. The van der Waals surface area contributed by atoms with Gasteiger partial charge in [0.2, 0.25) is 0 Å². The Morgan fingerprint density at radius 1 is 0.938 bits per heavy atom. The van der Waals surface area contributed by atoms with Gasteiger partial charge in [0.15, 0.2) is 5.78 Å². The Balaban J connectivity index is 1.39. The highest BCUT2D eigenvalue weighted by Crippen LogP contribution is 2.68. The van der Waals surface area contributed by atoms with E-state index in [1.165, 1.54) is 51.4 Å². The summed E-state index contributed by atoms with van der Waals surface area (Å²) in [6.07, 6.45) is 18.1. The zero-order chi connectivity index (χ0) is 35.3. The van der Waals surface area contributed by atoms with Gasteiger partial charge in [-0.25, -0.2) is 0 Å². The van der Waals surface area contributed by atoms with E-state index < -0.39 is 34.2 Å². The molecule has 0 aromatic heterocycles. The number of unbranched alkanes of at least 4 members (excludes halogenated alkanes) is 10. The average molecular weight is 675 g/mol. The van der Waals surface area contributed by atoms with Crippen molar-refractivity contribution in [3.63, 3.8) is 0 Å². The van der Waals surface area contributed by atoms with Gasteiger partial charge in [-0.3, -0.25) is 9.59 Å². The number of rotatable bonds is 18. The number of allylic oxidation sites excluding steroid dienone is 1. The molecule has 7 nitrogen and oxygen atoms in total. The molecule has 0 amide bonds. The van der Waals surface area contributed by atoms with Gasteiger partial charge in [-0.1, -0.05) is 91.9 Å². The standard InChI is InChI=1S/C41H70O7/c1-7-8-9-10-11-12-13-14-15-16-17-18-37(45)48-36(21-22-38(3,4)46)28(2)29-20-24-41(47)31-25-33(42)32-26-34(43)35(44)27-39(32,5)30(31)19-23-40(29,41)6/h25,28-30,32,34-36,43-44,46-47H,7-24,26-27H2,1-6H3/t28-,29+,30-,32-,34+,35-,36?,39+,40+,41+/m0/s1. The van der Waals surface area contributed by atoms with Gasteiger partial charge >= 0.3 is 5.97 Å². The van der Waals surface area contributed by atoms with Crippen LogP contribution in [0.2, 0.25) is 0 Å². The number of hydrogen-bond acceptors (Lipinski definition) is 7. The van der Waals surface area contributed by atoms with Gasteiger partial charge in [-0.15, -0.1) is 0 Å². The first-order valence-electron chi connectivity index (χ1n) is 19.8. The van der Waals surface area contributed by atoms with Gasteiger partial charge in [-0.05, 0) is 106 Å². The predicted octanol–water partition coefficient (Wildman–Crippen LogP) is 7.99. The van der Waals surface area contributed by atoms with Crippen molar-refractivity contribution < 1.29 is 34.8 Å². The van der Waals surface area contributed by atoms with Crippen molar-refractivity contribution in [2.24, 2.45) is 34.5 Å². The summed E-state index contributed by atoms with van der Waals surface area (Å²) >= 11 is 0. The second-order valence-corrected chi connectivity index (χ2v) is 17.7. The topological polar surface area (TPSA) is 124 Å². The molecule has 48 heavy (non-hydrogen) atoms. The summed E-state index contributed by atoms with van der Waals surface area (Å²) in [6, 6.07) is 0. The van der Waals surface area contributed by atoms with Gasteiger partial charge in [-0.2, -0.15) is 0 Å². The van der Waals surface area contributed by atoms with Crippen LogP contribution in [-0.4, -0.2) is 61.7 Å². The van der Waals surface area contributed by atoms with Gasteiger partial charge in [0, 0.05) is 17.8 Å². The molecular weight excluding hydrogens is 604 g/mol. The number of aliphatic hydroxyl groups is 4. The largest absolute Gasteiger partial charge is 0.462 e. The molecule has 0 spiro atoms. The van der Waals surface area contributed by atoms with E-state index in [0.717, 1.165) is 44.1 Å². The number of ether oxygens (including phenoxy) is 1. The van der Waals surface area contributed by atoms with Crippen molar-refractivity contribution in [3.8, 4) is 0 Å². The van der Waals surface area contributed by atoms with E-state index in [1.54, 1.807) is 19.9 Å². The fourth-order valence-electron chi connectivity index (χ4n) is 10.6. The molecular formula is C41H70O7. The highest BCUT2D eigenvalue weighted by Gasteiger charge is 2.67. The van der Waals surface area contributed by atoms with Crippen LogP contribution in [0.15, 0.2) is 11.6 Å². The molecule has 1 unspecified atom stereocenters. The maximum Gasteiger partial charge on any atom is 0.306 e. The number of carbonyl (C=O) groups excluding carboxylic acids is 2. The predicted molar refractivity (Wildman–Crippen MR) is 190 cm³/mol. The third-order valence-electron chi connectivity index (χ3n) is 13.7. The summed E-state index contributed by atoms with van der Waals surface area (Å²) in [5.41, 5.74) is -2.21. The Kier molecular flexibility index (Phi) is 13.5. The summed E-state index contributed by atoms with van der Waals surface area (Å²) in [6.45, 7) is 12.2. The fraction of sp³-hybridized carbons (Fsp3) is 0.902. The Labute approximate surface area is 291 Å². The molecule has 0 aromatic rings. The van der Waals surface area contributed by atoms with Crippen LogP contribution in [0.4, 0.5) is 0 Å². The summed E-state index contributed by atoms with van der Waals surface area (Å²) in [5, 5.41) is 44.3. The molecule has 4 aliphatic rings. The highest BCUT2D eigenvalue weighted by atomic mass is 16.5. The van der Waals surface area contributed by atoms with Gasteiger partial charge in [0.1, 0.15) is 6.10 Å². The van der Waals surface area contributed by atoms with Crippen molar-refractivity contribution in [2.45, 2.75) is 199 Å². The van der Waals surface area contributed by atoms with Gasteiger partial charge < -0.3 is 25.2 Å². The molecule has 0 saturated heterocycles. The molecule has 0 aliphatic heterocycles. The Morgan fingerprint density at radius 3 is 2.15 bits per heavy atom. The maximum absolute atomic E-state index is 13.6. The molecule has 4 N–H and O–H groups in total. The minimum absolute atomic E-state index is 0.0240. The van der Waals surface area contributed by atoms with Gasteiger partial charge in [0.05, 0.1) is 23.4 Å². The molecule has 3 saturated carbocycles. The summed E-state index contributed by atoms with van der Waals surface area (Å²) < 4.78 is 6.25. The van der Waals surface area contributed by atoms with E-state index >= 15 is 0 Å². The van der Waals surface area contributed by atoms with Crippen LogP contribution in [0.25, 0.3) is 0 Å². The second-order valence-electron chi connectivity index (χ2n) is 17.7. The normalized spacial score (nSPS) is 36.1. The summed E-state index contributed by atoms with van der Waals surface area (Å²) in [5.74, 6) is -0.533. The lowest BCUT2D eigenvalue weighted by molar-refractivity contribution is -0.162. The number of fused-ring (bicyclic) bond motifs is 5. The van der Waals surface area contributed by atoms with Crippen LogP contribution in [0.3, 0.4) is 0 Å². The van der Waals surface area contributed by atoms with E-state index in [-0.39, 0.29) is 47.9 Å². The number of ketones is 1. The van der Waals surface area contributed by atoms with Crippen LogP contribution >= 0.6 is 0 Å². The van der Waals surface area contributed by atoms with E-state index in [1.807, 2.05) is 0 Å². The monoisotopic (exact) mass is 675 g/mol. The quantitative estimate of drug-likeness (QED) is 0.0858. The first-order valence-corrected chi connectivity index (χ1v) is 19.8. The number of aliphatic hydroxyl groups excluding tert-OH is 2. The molecule has 3 fully saturated rings. The van der Waals surface area contributed by atoms with E-state index in [4.69, 9.17) is 4.74 Å². The SMILES string of the molecule is CCCCCCCCCCCCCC(=O)OC(CCC(C)(C)O)[C@@H](C)[C@H]1CC[C@@]2(O)C3=CC(=O)[C@@H]4C[C@@H](O)[C@@H](O)C[C@]4(C)[C@H]3CC[C@]12C. The Morgan fingerprint density at radius 2 is 1.54 bits per heavy atom. The van der Waals surface area contributed by atoms with Crippen molar-refractivity contribution in [1.82, 2.24) is 0 Å². The first kappa shape index (κ1) is 39.5. The molecule has 0 radical (unpaired) electrons. The lowest BCUT2D eigenvalue weighted by atomic mass is 9.46. The molecule has 4 rings (SSSR count). The number of hydrogen-bond donors (Lipinski definition) is 4. The zero-order valence-electron chi connectivity index (χ0n) is 31.3.